The first kappa shape index (κ1) is 14.9. The highest BCUT2D eigenvalue weighted by molar-refractivity contribution is 4.88. The Bertz CT molecular complexity index is 202. The molecule has 0 aromatic carbocycles. The topological polar surface area (TPSA) is 47.7 Å². The van der Waals surface area contributed by atoms with E-state index >= 15 is 0 Å². The van der Waals surface area contributed by atoms with Gasteiger partial charge >= 0.3 is 0 Å². The molecule has 3 unspecified atom stereocenters. The molecule has 0 aromatic rings. The highest BCUT2D eigenvalue weighted by Gasteiger charge is 2.33. The van der Waals surface area contributed by atoms with Gasteiger partial charge in [-0.1, -0.05) is 6.42 Å². The molecule has 1 saturated carbocycles. The summed E-state index contributed by atoms with van der Waals surface area (Å²) in [7, 11) is 3.52. The average Bonchev–Trinajstić information content (AvgIpc) is 2.78. The van der Waals surface area contributed by atoms with Gasteiger partial charge in [-0.3, -0.25) is 4.90 Å². The van der Waals surface area contributed by atoms with Gasteiger partial charge in [0.1, 0.15) is 0 Å². The number of rotatable bonds is 8. The molecule has 2 N–H and O–H groups in total. The second-order valence-corrected chi connectivity index (χ2v) is 5.03. The van der Waals surface area contributed by atoms with Crippen LogP contribution in [-0.2, 0) is 9.47 Å². The lowest BCUT2D eigenvalue weighted by molar-refractivity contribution is 0.0362. The largest absolute Gasteiger partial charge is 0.383 e. The van der Waals surface area contributed by atoms with Gasteiger partial charge in [-0.05, 0) is 32.2 Å². The fourth-order valence-corrected chi connectivity index (χ4v) is 2.98. The Hall–Kier alpha value is -0.160. The van der Waals surface area contributed by atoms with Gasteiger partial charge in [0.2, 0.25) is 0 Å². The zero-order valence-electron chi connectivity index (χ0n) is 11.5. The van der Waals surface area contributed by atoms with Gasteiger partial charge in [-0.15, -0.1) is 0 Å². The number of methoxy groups -OCH3 is 2. The molecular weight excluding hydrogens is 216 g/mol. The minimum atomic E-state index is 0.437. The zero-order valence-corrected chi connectivity index (χ0v) is 11.5. The lowest BCUT2D eigenvalue weighted by Gasteiger charge is -2.37. The summed E-state index contributed by atoms with van der Waals surface area (Å²) in [6.45, 7) is 5.56. The molecule has 0 heterocycles. The molecular formula is C13H28N2O2. The van der Waals surface area contributed by atoms with E-state index in [2.05, 4.69) is 11.8 Å². The quantitative estimate of drug-likeness (QED) is 0.694. The van der Waals surface area contributed by atoms with Gasteiger partial charge in [0.15, 0.2) is 0 Å². The molecule has 102 valence electrons. The predicted molar refractivity (Wildman–Crippen MR) is 70.1 cm³/mol. The number of ether oxygens (including phenoxy) is 2. The Morgan fingerprint density at radius 3 is 2.65 bits per heavy atom. The SMILES string of the molecule is COCCN(C(C)COC)C1CCCC1CN. The van der Waals surface area contributed by atoms with E-state index in [1.165, 1.54) is 19.3 Å². The Labute approximate surface area is 105 Å². The van der Waals surface area contributed by atoms with Crippen LogP contribution < -0.4 is 5.73 Å². The van der Waals surface area contributed by atoms with Crippen LogP contribution >= 0.6 is 0 Å². The fraction of sp³-hybridized carbons (Fsp3) is 1.00. The van der Waals surface area contributed by atoms with Gasteiger partial charge < -0.3 is 15.2 Å². The lowest BCUT2D eigenvalue weighted by Crippen LogP contribution is -2.48. The van der Waals surface area contributed by atoms with Crippen molar-refractivity contribution in [1.29, 1.82) is 0 Å². The van der Waals surface area contributed by atoms with Crippen LogP contribution in [0.2, 0.25) is 0 Å². The van der Waals surface area contributed by atoms with Gasteiger partial charge in [0.25, 0.3) is 0 Å². The standard InChI is InChI=1S/C13H28N2O2/c1-11(10-17-3)15(7-8-16-2)13-6-4-5-12(13)9-14/h11-13H,4-10,14H2,1-3H3. The molecule has 1 rings (SSSR count). The number of hydrogen-bond acceptors (Lipinski definition) is 4. The minimum absolute atomic E-state index is 0.437. The molecule has 0 spiro atoms. The van der Waals surface area contributed by atoms with E-state index in [4.69, 9.17) is 15.2 Å². The molecule has 0 bridgehead atoms. The molecule has 0 saturated heterocycles. The van der Waals surface area contributed by atoms with Crippen LogP contribution in [0.1, 0.15) is 26.2 Å². The van der Waals surface area contributed by atoms with Crippen molar-refractivity contribution in [2.75, 3.05) is 40.5 Å². The summed E-state index contributed by atoms with van der Waals surface area (Å²) >= 11 is 0. The summed E-state index contributed by atoms with van der Waals surface area (Å²) in [5.41, 5.74) is 5.88. The first-order valence-electron chi connectivity index (χ1n) is 6.68. The van der Waals surface area contributed by atoms with Crippen molar-refractivity contribution in [3.05, 3.63) is 0 Å². The molecule has 1 fully saturated rings. The molecule has 0 aromatic heterocycles. The second-order valence-electron chi connectivity index (χ2n) is 5.03. The molecule has 1 aliphatic rings. The van der Waals surface area contributed by atoms with E-state index < -0.39 is 0 Å². The Morgan fingerprint density at radius 2 is 2.06 bits per heavy atom. The Morgan fingerprint density at radius 1 is 1.29 bits per heavy atom. The summed E-state index contributed by atoms with van der Waals surface area (Å²) in [4.78, 5) is 2.53. The van der Waals surface area contributed by atoms with Crippen molar-refractivity contribution in [3.8, 4) is 0 Å². The van der Waals surface area contributed by atoms with Gasteiger partial charge in [-0.2, -0.15) is 0 Å². The summed E-state index contributed by atoms with van der Waals surface area (Å²) in [5, 5.41) is 0. The van der Waals surface area contributed by atoms with Crippen LogP contribution in [0.3, 0.4) is 0 Å². The first-order valence-corrected chi connectivity index (χ1v) is 6.68. The van der Waals surface area contributed by atoms with E-state index in [-0.39, 0.29) is 0 Å². The van der Waals surface area contributed by atoms with Crippen LogP contribution in [0.5, 0.6) is 0 Å². The van der Waals surface area contributed by atoms with E-state index in [0.717, 1.165) is 26.3 Å². The van der Waals surface area contributed by atoms with Gasteiger partial charge in [-0.25, -0.2) is 0 Å². The third-order valence-corrected chi connectivity index (χ3v) is 3.88. The zero-order chi connectivity index (χ0) is 12.7. The highest BCUT2D eigenvalue weighted by atomic mass is 16.5. The Kier molecular flexibility index (Phi) is 7.04. The highest BCUT2D eigenvalue weighted by Crippen LogP contribution is 2.30. The first-order chi connectivity index (χ1) is 8.24. The van der Waals surface area contributed by atoms with Crippen LogP contribution in [-0.4, -0.2) is 57.5 Å². The van der Waals surface area contributed by atoms with Gasteiger partial charge in [0, 0.05) is 32.8 Å². The van der Waals surface area contributed by atoms with Crippen LogP contribution in [0.15, 0.2) is 0 Å². The van der Waals surface area contributed by atoms with E-state index in [1.807, 2.05) is 0 Å². The average molecular weight is 244 g/mol. The van der Waals surface area contributed by atoms with Crippen molar-refractivity contribution in [3.63, 3.8) is 0 Å². The van der Waals surface area contributed by atoms with E-state index in [1.54, 1.807) is 14.2 Å². The lowest BCUT2D eigenvalue weighted by atomic mass is 10.0. The number of nitrogens with two attached hydrogens (primary N) is 1. The predicted octanol–water partition coefficient (Wildman–Crippen LogP) is 1.10. The van der Waals surface area contributed by atoms with Crippen molar-refractivity contribution in [2.45, 2.75) is 38.3 Å². The summed E-state index contributed by atoms with van der Waals surface area (Å²) in [6.07, 6.45) is 3.83. The number of hydrogen-bond donors (Lipinski definition) is 1. The third-order valence-electron chi connectivity index (χ3n) is 3.88. The third kappa shape index (κ3) is 4.21. The normalized spacial score (nSPS) is 26.6. The van der Waals surface area contributed by atoms with E-state index in [0.29, 0.717) is 18.0 Å². The maximum atomic E-state index is 5.88. The van der Waals surface area contributed by atoms with Crippen LogP contribution in [0.4, 0.5) is 0 Å². The molecule has 0 aliphatic heterocycles. The second kappa shape index (κ2) is 8.03. The maximum absolute atomic E-state index is 5.88. The smallest absolute Gasteiger partial charge is 0.0615 e. The Balaban J connectivity index is 2.60. The monoisotopic (exact) mass is 244 g/mol. The van der Waals surface area contributed by atoms with Crippen LogP contribution in [0.25, 0.3) is 0 Å². The van der Waals surface area contributed by atoms with Crippen LogP contribution in [0, 0.1) is 5.92 Å². The molecule has 4 heteroatoms. The van der Waals surface area contributed by atoms with E-state index in [9.17, 15) is 0 Å². The molecule has 1 aliphatic carbocycles. The van der Waals surface area contributed by atoms with Gasteiger partial charge in [0.05, 0.1) is 13.2 Å². The fourth-order valence-electron chi connectivity index (χ4n) is 2.98. The van der Waals surface area contributed by atoms with Crippen molar-refractivity contribution in [2.24, 2.45) is 11.7 Å². The molecule has 0 amide bonds. The molecule has 17 heavy (non-hydrogen) atoms. The number of nitrogens with zero attached hydrogens (tertiary/aromatic N) is 1. The maximum Gasteiger partial charge on any atom is 0.0615 e. The molecule has 4 nitrogen and oxygen atoms in total. The molecule has 0 radical (unpaired) electrons. The summed E-state index contributed by atoms with van der Waals surface area (Å²) < 4.78 is 10.5. The summed E-state index contributed by atoms with van der Waals surface area (Å²) in [6, 6.07) is 1.05. The van der Waals surface area contributed by atoms with Crippen molar-refractivity contribution >= 4 is 0 Å². The molecule has 3 atom stereocenters. The van der Waals surface area contributed by atoms with Crippen molar-refractivity contribution in [1.82, 2.24) is 4.90 Å². The van der Waals surface area contributed by atoms with Crippen molar-refractivity contribution < 1.29 is 9.47 Å². The summed E-state index contributed by atoms with van der Waals surface area (Å²) in [5.74, 6) is 0.645. The minimum Gasteiger partial charge on any atom is -0.383 e.